The van der Waals surface area contributed by atoms with Crippen molar-refractivity contribution >= 4 is 0 Å². The van der Waals surface area contributed by atoms with Crippen LogP contribution in [0.3, 0.4) is 0 Å². The number of hydrogen-bond donors (Lipinski definition) is 1. The molecule has 1 aliphatic heterocycles. The number of nitrogens with one attached hydrogen (secondary N) is 1. The van der Waals surface area contributed by atoms with Gasteiger partial charge in [-0.1, -0.05) is 12.2 Å². The number of allylic oxidation sites excluding steroid dienone is 1. The molecule has 2 atom stereocenters. The van der Waals surface area contributed by atoms with E-state index in [9.17, 15) is 0 Å². The number of ether oxygens (including phenoxy) is 1. The first-order chi connectivity index (χ1) is 6.66. The van der Waals surface area contributed by atoms with Crippen molar-refractivity contribution in [3.8, 4) is 0 Å². The molecule has 2 nitrogen and oxygen atoms in total. The molecule has 0 aromatic heterocycles. The highest BCUT2D eigenvalue weighted by atomic mass is 16.5. The van der Waals surface area contributed by atoms with Gasteiger partial charge in [0, 0.05) is 12.6 Å². The lowest BCUT2D eigenvalue weighted by molar-refractivity contribution is -0.0147. The fourth-order valence-electron chi connectivity index (χ4n) is 2.31. The molecule has 0 bridgehead atoms. The lowest BCUT2D eigenvalue weighted by atomic mass is 10.1. The van der Waals surface area contributed by atoms with Crippen LogP contribution in [-0.4, -0.2) is 24.3 Å². The van der Waals surface area contributed by atoms with Gasteiger partial charge in [0.15, 0.2) is 0 Å². The number of rotatable bonds is 3. The summed E-state index contributed by atoms with van der Waals surface area (Å²) in [6.45, 7) is 5.38. The molecule has 80 valence electrons. The van der Waals surface area contributed by atoms with Gasteiger partial charge < -0.3 is 10.1 Å². The summed E-state index contributed by atoms with van der Waals surface area (Å²) in [5.74, 6) is 0. The predicted molar refractivity (Wildman–Crippen MR) is 58.4 cm³/mol. The van der Waals surface area contributed by atoms with Crippen molar-refractivity contribution in [2.24, 2.45) is 0 Å². The topological polar surface area (TPSA) is 21.3 Å². The van der Waals surface area contributed by atoms with E-state index in [1.165, 1.54) is 25.7 Å². The van der Waals surface area contributed by atoms with Crippen LogP contribution in [0.1, 0.15) is 39.5 Å². The van der Waals surface area contributed by atoms with Gasteiger partial charge in [-0.15, -0.1) is 0 Å². The first kappa shape index (κ1) is 10.2. The second-order valence-electron chi connectivity index (χ2n) is 5.06. The van der Waals surface area contributed by atoms with E-state index in [0.29, 0.717) is 12.1 Å². The smallest absolute Gasteiger partial charge is 0.0708 e. The summed E-state index contributed by atoms with van der Waals surface area (Å²) in [5, 5.41) is 3.55. The zero-order valence-electron chi connectivity index (χ0n) is 9.25. The van der Waals surface area contributed by atoms with Crippen molar-refractivity contribution in [2.75, 3.05) is 6.54 Å². The zero-order chi connectivity index (χ0) is 10.0. The molecule has 1 saturated heterocycles. The Morgan fingerprint density at radius 1 is 1.43 bits per heavy atom. The monoisotopic (exact) mass is 195 g/mol. The first-order valence-corrected chi connectivity index (χ1v) is 5.74. The summed E-state index contributed by atoms with van der Waals surface area (Å²) >= 11 is 0. The Morgan fingerprint density at radius 3 is 2.86 bits per heavy atom. The van der Waals surface area contributed by atoms with Gasteiger partial charge in [-0.3, -0.25) is 0 Å². The van der Waals surface area contributed by atoms with Crippen LogP contribution < -0.4 is 5.32 Å². The lowest BCUT2D eigenvalue weighted by Gasteiger charge is -2.20. The van der Waals surface area contributed by atoms with Crippen LogP contribution in [0, 0.1) is 0 Å². The van der Waals surface area contributed by atoms with Crippen LogP contribution in [0.5, 0.6) is 0 Å². The SMILES string of the molecule is CC1(C)CCC(CNC2C=CCC2)O1. The molecule has 1 heterocycles. The standard InChI is InChI=1S/C12H21NO/c1-12(2)8-7-11(14-12)9-13-10-5-3-4-6-10/h3,5,10-11,13H,4,6-9H2,1-2H3. The van der Waals surface area contributed by atoms with Gasteiger partial charge >= 0.3 is 0 Å². The van der Waals surface area contributed by atoms with Crippen LogP contribution in [0.15, 0.2) is 12.2 Å². The van der Waals surface area contributed by atoms with Gasteiger partial charge in [0.1, 0.15) is 0 Å². The Kier molecular flexibility index (Phi) is 2.93. The van der Waals surface area contributed by atoms with Crippen molar-refractivity contribution in [3.05, 3.63) is 12.2 Å². The summed E-state index contributed by atoms with van der Waals surface area (Å²) in [4.78, 5) is 0. The van der Waals surface area contributed by atoms with Crippen molar-refractivity contribution in [2.45, 2.75) is 57.3 Å². The second-order valence-corrected chi connectivity index (χ2v) is 5.06. The van der Waals surface area contributed by atoms with Gasteiger partial charge in [-0.2, -0.15) is 0 Å². The van der Waals surface area contributed by atoms with Crippen molar-refractivity contribution in [1.29, 1.82) is 0 Å². The molecule has 0 radical (unpaired) electrons. The normalized spacial score (nSPS) is 35.3. The Labute approximate surface area is 86.7 Å². The highest BCUT2D eigenvalue weighted by Gasteiger charge is 2.31. The summed E-state index contributed by atoms with van der Waals surface area (Å²) in [7, 11) is 0. The van der Waals surface area contributed by atoms with Crippen LogP contribution in [-0.2, 0) is 4.74 Å². The Balaban J connectivity index is 1.69. The Hall–Kier alpha value is -0.340. The van der Waals surface area contributed by atoms with E-state index in [1.807, 2.05) is 0 Å². The molecule has 14 heavy (non-hydrogen) atoms. The van der Waals surface area contributed by atoms with Crippen LogP contribution in [0.25, 0.3) is 0 Å². The van der Waals surface area contributed by atoms with E-state index in [2.05, 4.69) is 31.3 Å². The third-order valence-corrected chi connectivity index (χ3v) is 3.17. The molecule has 2 aliphatic rings. The largest absolute Gasteiger partial charge is 0.371 e. The molecule has 0 saturated carbocycles. The van der Waals surface area contributed by atoms with E-state index >= 15 is 0 Å². The minimum atomic E-state index is 0.109. The van der Waals surface area contributed by atoms with E-state index in [0.717, 1.165) is 6.54 Å². The van der Waals surface area contributed by atoms with Crippen LogP contribution >= 0.6 is 0 Å². The average molecular weight is 195 g/mol. The van der Waals surface area contributed by atoms with E-state index in [-0.39, 0.29) is 5.60 Å². The summed E-state index contributed by atoms with van der Waals surface area (Å²) in [6.07, 6.45) is 9.86. The fraction of sp³-hybridized carbons (Fsp3) is 0.833. The first-order valence-electron chi connectivity index (χ1n) is 5.74. The van der Waals surface area contributed by atoms with Gasteiger partial charge in [-0.25, -0.2) is 0 Å². The van der Waals surface area contributed by atoms with Crippen LogP contribution in [0.4, 0.5) is 0 Å². The Morgan fingerprint density at radius 2 is 2.29 bits per heavy atom. The minimum Gasteiger partial charge on any atom is -0.371 e. The predicted octanol–water partition coefficient (Wildman–Crippen LogP) is 2.25. The van der Waals surface area contributed by atoms with Crippen molar-refractivity contribution in [1.82, 2.24) is 5.32 Å². The summed E-state index contributed by atoms with van der Waals surface area (Å²) in [5.41, 5.74) is 0.109. The maximum Gasteiger partial charge on any atom is 0.0708 e. The third kappa shape index (κ3) is 2.58. The van der Waals surface area contributed by atoms with Crippen LogP contribution in [0.2, 0.25) is 0 Å². The quantitative estimate of drug-likeness (QED) is 0.697. The average Bonchev–Trinajstić information content (AvgIpc) is 2.70. The number of hydrogen-bond acceptors (Lipinski definition) is 2. The molecular formula is C12H21NO. The molecule has 0 aromatic carbocycles. The molecule has 1 fully saturated rings. The maximum absolute atomic E-state index is 5.92. The second kappa shape index (κ2) is 4.03. The minimum absolute atomic E-state index is 0.109. The summed E-state index contributed by atoms with van der Waals surface area (Å²) in [6, 6.07) is 0.599. The van der Waals surface area contributed by atoms with Gasteiger partial charge in [-0.05, 0) is 39.5 Å². The Bertz CT molecular complexity index is 222. The molecule has 2 heteroatoms. The molecule has 2 unspecified atom stereocenters. The zero-order valence-corrected chi connectivity index (χ0v) is 9.25. The molecule has 0 amide bonds. The molecule has 1 N–H and O–H groups in total. The molecule has 0 spiro atoms. The highest BCUT2D eigenvalue weighted by molar-refractivity contribution is 5.01. The maximum atomic E-state index is 5.92. The van der Waals surface area contributed by atoms with E-state index < -0.39 is 0 Å². The van der Waals surface area contributed by atoms with Crippen molar-refractivity contribution < 1.29 is 4.74 Å². The fourth-order valence-corrected chi connectivity index (χ4v) is 2.31. The van der Waals surface area contributed by atoms with Gasteiger partial charge in [0.05, 0.1) is 11.7 Å². The van der Waals surface area contributed by atoms with Gasteiger partial charge in [0.25, 0.3) is 0 Å². The third-order valence-electron chi connectivity index (χ3n) is 3.17. The highest BCUT2D eigenvalue weighted by Crippen LogP contribution is 2.29. The van der Waals surface area contributed by atoms with Crippen molar-refractivity contribution in [3.63, 3.8) is 0 Å². The molecular weight excluding hydrogens is 174 g/mol. The summed E-state index contributed by atoms with van der Waals surface area (Å²) < 4.78 is 5.92. The molecule has 1 aliphatic carbocycles. The van der Waals surface area contributed by atoms with E-state index in [4.69, 9.17) is 4.74 Å². The molecule has 0 aromatic rings. The van der Waals surface area contributed by atoms with Gasteiger partial charge in [0.2, 0.25) is 0 Å². The lowest BCUT2D eigenvalue weighted by Crippen LogP contribution is -2.34. The van der Waals surface area contributed by atoms with E-state index in [1.54, 1.807) is 0 Å². The molecule has 2 rings (SSSR count).